The Labute approximate surface area is 150 Å². The van der Waals surface area contributed by atoms with Gasteiger partial charge in [-0.25, -0.2) is 0 Å². The van der Waals surface area contributed by atoms with Gasteiger partial charge in [-0.3, -0.25) is 4.79 Å². The maximum atomic E-state index is 12.4. The van der Waals surface area contributed by atoms with Crippen LogP contribution in [-0.4, -0.2) is 18.2 Å². The van der Waals surface area contributed by atoms with Crippen molar-refractivity contribution < 1.29 is 14.1 Å². The first-order valence-electron chi connectivity index (χ1n) is 7.75. The van der Waals surface area contributed by atoms with Gasteiger partial charge in [0.15, 0.2) is 11.5 Å². The number of nitrogens with one attached hydrogen (secondary N) is 1. The molecule has 1 atom stereocenters. The minimum atomic E-state index is -0.322. The second-order valence-electron chi connectivity index (χ2n) is 5.53. The van der Waals surface area contributed by atoms with E-state index in [1.54, 1.807) is 19.2 Å². The van der Waals surface area contributed by atoms with Gasteiger partial charge in [0, 0.05) is 11.1 Å². The number of aromatic nitrogens is 1. The van der Waals surface area contributed by atoms with Gasteiger partial charge in [0.2, 0.25) is 0 Å². The third-order valence-corrected chi connectivity index (χ3v) is 4.05. The van der Waals surface area contributed by atoms with Crippen LogP contribution in [0.15, 0.2) is 59.1 Å². The number of hydrogen-bond acceptors (Lipinski definition) is 4. The minimum absolute atomic E-state index is 0.204. The number of rotatable bonds is 5. The van der Waals surface area contributed by atoms with E-state index in [0.717, 1.165) is 11.1 Å². The van der Waals surface area contributed by atoms with Crippen LogP contribution in [0.1, 0.15) is 29.0 Å². The van der Waals surface area contributed by atoms with E-state index in [1.165, 1.54) is 0 Å². The van der Waals surface area contributed by atoms with Crippen molar-refractivity contribution in [3.63, 3.8) is 0 Å². The SMILES string of the molecule is COc1ccccc1-c1cc(C(=O)N[C@H](C)c2cccc(Cl)c2)no1. The Hall–Kier alpha value is -2.79. The molecule has 1 heterocycles. The first-order valence-corrected chi connectivity index (χ1v) is 8.12. The van der Waals surface area contributed by atoms with Gasteiger partial charge in [-0.05, 0) is 36.8 Å². The lowest BCUT2D eigenvalue weighted by Crippen LogP contribution is -2.26. The molecule has 2 aromatic carbocycles. The van der Waals surface area contributed by atoms with E-state index in [9.17, 15) is 4.79 Å². The summed E-state index contributed by atoms with van der Waals surface area (Å²) < 4.78 is 10.6. The van der Waals surface area contributed by atoms with Crippen LogP contribution in [0.4, 0.5) is 0 Å². The standard InChI is InChI=1S/C19H17ClN2O3/c1-12(13-6-5-7-14(20)10-13)21-19(23)16-11-18(25-22-16)15-8-3-4-9-17(15)24-2/h3-12H,1-2H3,(H,21,23)/t12-/m1/s1. The van der Waals surface area contributed by atoms with Gasteiger partial charge >= 0.3 is 0 Å². The molecule has 128 valence electrons. The van der Waals surface area contributed by atoms with E-state index < -0.39 is 0 Å². The summed E-state index contributed by atoms with van der Waals surface area (Å²) >= 11 is 5.99. The molecule has 0 aliphatic carbocycles. The average Bonchev–Trinajstić information content (AvgIpc) is 3.11. The van der Waals surface area contributed by atoms with Crippen LogP contribution >= 0.6 is 11.6 Å². The molecule has 1 aromatic heterocycles. The van der Waals surface area contributed by atoms with Gasteiger partial charge < -0.3 is 14.6 Å². The molecule has 0 unspecified atom stereocenters. The van der Waals surface area contributed by atoms with Gasteiger partial charge in [0.05, 0.1) is 18.7 Å². The number of para-hydroxylation sites is 1. The predicted molar refractivity (Wildman–Crippen MR) is 95.8 cm³/mol. The van der Waals surface area contributed by atoms with Crippen LogP contribution in [0, 0.1) is 0 Å². The zero-order valence-corrected chi connectivity index (χ0v) is 14.6. The topological polar surface area (TPSA) is 64.4 Å². The Morgan fingerprint density at radius 2 is 2.00 bits per heavy atom. The number of nitrogens with zero attached hydrogens (tertiary/aromatic N) is 1. The summed E-state index contributed by atoms with van der Waals surface area (Å²) in [7, 11) is 1.58. The highest BCUT2D eigenvalue weighted by atomic mass is 35.5. The van der Waals surface area contributed by atoms with Crippen LogP contribution in [0.25, 0.3) is 11.3 Å². The molecule has 6 heteroatoms. The number of carbonyl (C=O) groups excluding carboxylic acids is 1. The summed E-state index contributed by atoms with van der Waals surface area (Å²) in [5, 5.41) is 7.37. The maximum Gasteiger partial charge on any atom is 0.273 e. The van der Waals surface area contributed by atoms with Crippen molar-refractivity contribution in [3.8, 4) is 17.1 Å². The Morgan fingerprint density at radius 1 is 1.20 bits per heavy atom. The van der Waals surface area contributed by atoms with Crippen molar-refractivity contribution in [1.82, 2.24) is 10.5 Å². The molecular formula is C19H17ClN2O3. The number of benzene rings is 2. The molecule has 0 aliphatic rings. The molecule has 0 radical (unpaired) electrons. The van der Waals surface area contributed by atoms with Crippen molar-refractivity contribution in [1.29, 1.82) is 0 Å². The van der Waals surface area contributed by atoms with Gasteiger partial charge in [-0.2, -0.15) is 0 Å². The summed E-state index contributed by atoms with van der Waals surface area (Å²) in [4.78, 5) is 12.4. The second kappa shape index (κ2) is 7.40. The summed E-state index contributed by atoms with van der Waals surface area (Å²) in [6, 6.07) is 16.1. The number of amides is 1. The number of hydrogen-bond donors (Lipinski definition) is 1. The van der Waals surface area contributed by atoms with E-state index in [2.05, 4.69) is 10.5 Å². The Morgan fingerprint density at radius 3 is 2.76 bits per heavy atom. The first-order chi connectivity index (χ1) is 12.1. The fourth-order valence-electron chi connectivity index (χ4n) is 2.49. The molecule has 0 saturated carbocycles. The molecule has 3 rings (SSSR count). The quantitative estimate of drug-likeness (QED) is 0.731. The third-order valence-electron chi connectivity index (χ3n) is 3.81. The number of ether oxygens (including phenoxy) is 1. The van der Waals surface area contributed by atoms with Crippen molar-refractivity contribution >= 4 is 17.5 Å². The highest BCUT2D eigenvalue weighted by Gasteiger charge is 2.18. The summed E-state index contributed by atoms with van der Waals surface area (Å²) in [5.74, 6) is 0.799. The molecule has 0 aliphatic heterocycles. The Bertz CT molecular complexity index is 892. The molecule has 25 heavy (non-hydrogen) atoms. The largest absolute Gasteiger partial charge is 0.496 e. The van der Waals surface area contributed by atoms with E-state index in [4.69, 9.17) is 20.9 Å². The molecule has 1 amide bonds. The lowest BCUT2D eigenvalue weighted by atomic mass is 10.1. The number of carbonyl (C=O) groups is 1. The van der Waals surface area contributed by atoms with Gasteiger partial charge in [-0.15, -0.1) is 0 Å². The minimum Gasteiger partial charge on any atom is -0.496 e. The summed E-state index contributed by atoms with van der Waals surface area (Å²) in [6.07, 6.45) is 0. The van der Waals surface area contributed by atoms with Crippen LogP contribution in [-0.2, 0) is 0 Å². The van der Waals surface area contributed by atoms with E-state index >= 15 is 0 Å². The normalized spacial score (nSPS) is 11.8. The van der Waals surface area contributed by atoms with E-state index in [-0.39, 0.29) is 17.6 Å². The molecule has 1 N–H and O–H groups in total. The molecule has 0 saturated heterocycles. The molecular weight excluding hydrogens is 340 g/mol. The fraction of sp³-hybridized carbons (Fsp3) is 0.158. The lowest BCUT2D eigenvalue weighted by Gasteiger charge is -2.13. The van der Waals surface area contributed by atoms with Crippen molar-refractivity contribution in [3.05, 3.63) is 70.9 Å². The van der Waals surface area contributed by atoms with Crippen LogP contribution in [0.5, 0.6) is 5.75 Å². The zero-order valence-electron chi connectivity index (χ0n) is 13.8. The average molecular weight is 357 g/mol. The zero-order chi connectivity index (χ0) is 17.8. The fourth-order valence-corrected chi connectivity index (χ4v) is 2.69. The first kappa shape index (κ1) is 17.0. The van der Waals surface area contributed by atoms with E-state index in [0.29, 0.717) is 16.5 Å². The number of methoxy groups -OCH3 is 1. The van der Waals surface area contributed by atoms with Crippen LogP contribution < -0.4 is 10.1 Å². The smallest absolute Gasteiger partial charge is 0.273 e. The summed E-state index contributed by atoms with van der Waals surface area (Å²) in [6.45, 7) is 1.88. The highest BCUT2D eigenvalue weighted by molar-refractivity contribution is 6.30. The monoisotopic (exact) mass is 356 g/mol. The Kier molecular flexibility index (Phi) is 5.05. The number of halogens is 1. The van der Waals surface area contributed by atoms with Crippen LogP contribution in [0.2, 0.25) is 5.02 Å². The van der Waals surface area contributed by atoms with Crippen molar-refractivity contribution in [2.75, 3.05) is 7.11 Å². The van der Waals surface area contributed by atoms with Crippen LogP contribution in [0.3, 0.4) is 0 Å². The van der Waals surface area contributed by atoms with Crippen molar-refractivity contribution in [2.24, 2.45) is 0 Å². The molecule has 0 spiro atoms. The van der Waals surface area contributed by atoms with Gasteiger partial charge in [-0.1, -0.05) is 41.0 Å². The van der Waals surface area contributed by atoms with Crippen molar-refractivity contribution in [2.45, 2.75) is 13.0 Å². The molecule has 3 aromatic rings. The van der Waals surface area contributed by atoms with Gasteiger partial charge in [0.25, 0.3) is 5.91 Å². The Balaban J connectivity index is 1.77. The maximum absolute atomic E-state index is 12.4. The lowest BCUT2D eigenvalue weighted by molar-refractivity contribution is 0.0931. The molecule has 5 nitrogen and oxygen atoms in total. The summed E-state index contributed by atoms with van der Waals surface area (Å²) in [5.41, 5.74) is 1.85. The third kappa shape index (κ3) is 3.83. The predicted octanol–water partition coefficient (Wildman–Crippen LogP) is 4.49. The molecule has 0 fully saturated rings. The molecule has 0 bridgehead atoms. The van der Waals surface area contributed by atoms with E-state index in [1.807, 2.05) is 49.4 Å². The second-order valence-corrected chi connectivity index (χ2v) is 5.96. The highest BCUT2D eigenvalue weighted by Crippen LogP contribution is 2.30. The van der Waals surface area contributed by atoms with Gasteiger partial charge in [0.1, 0.15) is 5.75 Å².